The minimum Gasteiger partial charge on any atom is -0.384 e. The van der Waals surface area contributed by atoms with Gasteiger partial charge in [-0.1, -0.05) is 25.7 Å². The second-order valence-electron chi connectivity index (χ2n) is 4.30. The van der Waals surface area contributed by atoms with Crippen molar-refractivity contribution in [2.75, 3.05) is 11.9 Å². The Morgan fingerprint density at radius 1 is 1.50 bits per heavy atom. The van der Waals surface area contributed by atoms with Gasteiger partial charge in [-0.05, 0) is 24.1 Å². The van der Waals surface area contributed by atoms with Gasteiger partial charge in [-0.15, -0.1) is 0 Å². The zero-order valence-corrected chi connectivity index (χ0v) is 10.5. The first kappa shape index (κ1) is 14.2. The van der Waals surface area contributed by atoms with Gasteiger partial charge in [-0.3, -0.25) is 4.79 Å². The van der Waals surface area contributed by atoms with Crippen molar-refractivity contribution in [2.24, 2.45) is 5.92 Å². The molecule has 0 heterocycles. The maximum atomic E-state index is 13.6. The molecule has 0 aliphatic heterocycles. The minimum atomic E-state index is -0.515. The zero-order valence-electron chi connectivity index (χ0n) is 10.5. The third-order valence-corrected chi connectivity index (χ3v) is 2.15. The molecule has 0 saturated carbocycles. The number of anilines is 1. The lowest BCUT2D eigenvalue weighted by Crippen LogP contribution is -2.13. The van der Waals surface area contributed by atoms with Crippen LogP contribution in [0.1, 0.15) is 25.8 Å². The van der Waals surface area contributed by atoms with Crippen molar-refractivity contribution in [1.82, 2.24) is 0 Å². The first-order valence-electron chi connectivity index (χ1n) is 5.72. The molecule has 1 aromatic rings. The molecule has 1 rings (SSSR count). The number of hydrogen-bond acceptors (Lipinski definition) is 2. The van der Waals surface area contributed by atoms with E-state index in [9.17, 15) is 9.18 Å². The number of amides is 1. The summed E-state index contributed by atoms with van der Waals surface area (Å²) in [5, 5.41) is 11.1. The van der Waals surface area contributed by atoms with Crippen molar-refractivity contribution >= 4 is 11.6 Å². The second-order valence-corrected chi connectivity index (χ2v) is 4.30. The molecule has 0 aliphatic carbocycles. The molecule has 0 unspecified atom stereocenters. The molecular formula is C14H16FNO2. The Hall–Kier alpha value is -1.86. The van der Waals surface area contributed by atoms with E-state index in [-0.39, 0.29) is 24.0 Å². The number of aliphatic hydroxyl groups is 1. The van der Waals surface area contributed by atoms with Gasteiger partial charge >= 0.3 is 0 Å². The highest BCUT2D eigenvalue weighted by Gasteiger charge is 2.07. The number of nitrogens with one attached hydrogen (secondary N) is 1. The molecule has 0 radical (unpaired) electrons. The molecule has 0 spiro atoms. The van der Waals surface area contributed by atoms with Gasteiger partial charge in [-0.2, -0.15) is 0 Å². The summed E-state index contributed by atoms with van der Waals surface area (Å²) in [5.41, 5.74) is 0.610. The summed E-state index contributed by atoms with van der Waals surface area (Å²) in [4.78, 5) is 11.5. The van der Waals surface area contributed by atoms with Gasteiger partial charge in [0.25, 0.3) is 0 Å². The summed E-state index contributed by atoms with van der Waals surface area (Å²) in [5.74, 6) is 4.46. The normalized spacial score (nSPS) is 9.83. The van der Waals surface area contributed by atoms with Crippen LogP contribution in [-0.2, 0) is 4.79 Å². The van der Waals surface area contributed by atoms with Crippen LogP contribution in [0, 0.1) is 23.6 Å². The topological polar surface area (TPSA) is 49.3 Å². The van der Waals surface area contributed by atoms with E-state index in [1.165, 1.54) is 12.1 Å². The van der Waals surface area contributed by atoms with Gasteiger partial charge in [0.2, 0.25) is 5.91 Å². The Bertz CT molecular complexity index is 486. The summed E-state index contributed by atoms with van der Waals surface area (Å²) in [7, 11) is 0. The van der Waals surface area contributed by atoms with Crippen LogP contribution in [0.15, 0.2) is 18.2 Å². The number of carbonyl (C=O) groups excluding carboxylic acids is 1. The van der Waals surface area contributed by atoms with E-state index in [1.807, 2.05) is 13.8 Å². The third kappa shape index (κ3) is 4.56. The summed E-state index contributed by atoms with van der Waals surface area (Å²) in [6.07, 6.45) is 0.397. The number of halogens is 1. The van der Waals surface area contributed by atoms with Crippen LogP contribution < -0.4 is 5.32 Å². The lowest BCUT2D eigenvalue weighted by Gasteiger charge is -2.07. The number of hydrogen-bond donors (Lipinski definition) is 2. The predicted molar refractivity (Wildman–Crippen MR) is 68.4 cm³/mol. The Labute approximate surface area is 106 Å². The van der Waals surface area contributed by atoms with Gasteiger partial charge in [-0.25, -0.2) is 4.39 Å². The smallest absolute Gasteiger partial charge is 0.224 e. The number of aliphatic hydroxyl groups excluding tert-OH is 1. The predicted octanol–water partition coefficient (Wildman–Crippen LogP) is 2.15. The van der Waals surface area contributed by atoms with Crippen molar-refractivity contribution in [2.45, 2.75) is 20.3 Å². The molecule has 1 aromatic carbocycles. The first-order chi connectivity index (χ1) is 8.52. The van der Waals surface area contributed by atoms with Crippen molar-refractivity contribution in [3.8, 4) is 11.8 Å². The van der Waals surface area contributed by atoms with Crippen LogP contribution in [0.3, 0.4) is 0 Å². The first-order valence-corrected chi connectivity index (χ1v) is 5.72. The van der Waals surface area contributed by atoms with Crippen molar-refractivity contribution in [3.63, 3.8) is 0 Å². The summed E-state index contributed by atoms with van der Waals surface area (Å²) < 4.78 is 13.6. The van der Waals surface area contributed by atoms with E-state index < -0.39 is 5.82 Å². The Morgan fingerprint density at radius 3 is 2.78 bits per heavy atom. The fourth-order valence-corrected chi connectivity index (χ4v) is 1.41. The molecule has 1 amide bonds. The second kappa shape index (κ2) is 6.77. The molecule has 0 saturated heterocycles. The number of rotatable bonds is 3. The summed E-state index contributed by atoms with van der Waals surface area (Å²) >= 11 is 0. The highest BCUT2D eigenvalue weighted by Crippen LogP contribution is 2.14. The largest absolute Gasteiger partial charge is 0.384 e. The minimum absolute atomic E-state index is 0.140. The zero-order chi connectivity index (χ0) is 13.5. The van der Waals surface area contributed by atoms with E-state index in [0.29, 0.717) is 12.1 Å². The lowest BCUT2D eigenvalue weighted by molar-refractivity contribution is -0.116. The monoisotopic (exact) mass is 249 g/mol. The third-order valence-electron chi connectivity index (χ3n) is 2.15. The molecule has 2 N–H and O–H groups in total. The van der Waals surface area contributed by atoms with E-state index in [2.05, 4.69) is 17.2 Å². The van der Waals surface area contributed by atoms with Gasteiger partial charge in [0.05, 0.1) is 5.56 Å². The van der Waals surface area contributed by atoms with E-state index in [4.69, 9.17) is 5.11 Å². The molecule has 3 nitrogen and oxygen atoms in total. The lowest BCUT2D eigenvalue weighted by atomic mass is 10.1. The Kier molecular flexibility index (Phi) is 5.34. The molecule has 0 aliphatic rings. The van der Waals surface area contributed by atoms with Crippen LogP contribution >= 0.6 is 0 Å². The fourth-order valence-electron chi connectivity index (χ4n) is 1.41. The summed E-state index contributed by atoms with van der Waals surface area (Å²) in [6.45, 7) is 3.56. The van der Waals surface area contributed by atoms with Crippen molar-refractivity contribution in [3.05, 3.63) is 29.6 Å². The van der Waals surface area contributed by atoms with Gasteiger partial charge in [0, 0.05) is 12.1 Å². The molecule has 0 bridgehead atoms. The van der Waals surface area contributed by atoms with Crippen LogP contribution in [0.25, 0.3) is 0 Å². The highest BCUT2D eigenvalue weighted by molar-refractivity contribution is 5.90. The van der Waals surface area contributed by atoms with Crippen LogP contribution in [0.5, 0.6) is 0 Å². The molecule has 0 aromatic heterocycles. The number of carbonyl (C=O) groups is 1. The SMILES string of the molecule is CC(C)CC(=O)Nc1ccc(C#CCO)c(F)c1. The molecule has 18 heavy (non-hydrogen) atoms. The van der Waals surface area contributed by atoms with E-state index in [1.54, 1.807) is 6.07 Å². The van der Waals surface area contributed by atoms with Crippen molar-refractivity contribution in [1.29, 1.82) is 0 Å². The highest BCUT2D eigenvalue weighted by atomic mass is 19.1. The maximum absolute atomic E-state index is 13.6. The fraction of sp³-hybridized carbons (Fsp3) is 0.357. The molecular weight excluding hydrogens is 233 g/mol. The van der Waals surface area contributed by atoms with Crippen molar-refractivity contribution < 1.29 is 14.3 Å². The summed E-state index contributed by atoms with van der Waals surface area (Å²) in [6, 6.07) is 4.28. The van der Waals surface area contributed by atoms with Gasteiger partial charge in [0.15, 0.2) is 0 Å². The van der Waals surface area contributed by atoms with Crippen LogP contribution in [-0.4, -0.2) is 17.6 Å². The average molecular weight is 249 g/mol. The maximum Gasteiger partial charge on any atom is 0.224 e. The quantitative estimate of drug-likeness (QED) is 0.806. The standard InChI is InChI=1S/C14H16FNO2/c1-10(2)8-14(18)16-12-6-5-11(4-3-7-17)13(15)9-12/h5-6,9-10,17H,7-8H2,1-2H3,(H,16,18). The van der Waals surface area contributed by atoms with Gasteiger partial charge < -0.3 is 10.4 Å². The van der Waals surface area contributed by atoms with Crippen LogP contribution in [0.2, 0.25) is 0 Å². The van der Waals surface area contributed by atoms with E-state index >= 15 is 0 Å². The molecule has 0 atom stereocenters. The van der Waals surface area contributed by atoms with E-state index in [0.717, 1.165) is 0 Å². The molecule has 96 valence electrons. The molecule has 4 heteroatoms. The number of benzene rings is 1. The Morgan fingerprint density at radius 2 is 2.22 bits per heavy atom. The van der Waals surface area contributed by atoms with Crippen LogP contribution in [0.4, 0.5) is 10.1 Å². The Balaban J connectivity index is 2.75. The molecule has 0 fully saturated rings. The average Bonchev–Trinajstić information content (AvgIpc) is 2.26. The van der Waals surface area contributed by atoms with Gasteiger partial charge in [0.1, 0.15) is 12.4 Å².